The second kappa shape index (κ2) is 8.79. The van der Waals surface area contributed by atoms with Crippen LogP contribution in [-0.2, 0) is 0 Å². The Morgan fingerprint density at radius 1 is 1.42 bits per heavy atom. The molecule has 0 aliphatic carbocycles. The molecule has 0 aromatic rings. The van der Waals surface area contributed by atoms with E-state index in [0.29, 0.717) is 6.04 Å². The molecule has 1 unspecified atom stereocenters. The molecule has 0 saturated carbocycles. The summed E-state index contributed by atoms with van der Waals surface area (Å²) in [5.74, 6) is 0. The van der Waals surface area contributed by atoms with Gasteiger partial charge in [0.25, 0.3) is 0 Å². The Hall–Kier alpha value is -0.300. The summed E-state index contributed by atoms with van der Waals surface area (Å²) in [5, 5.41) is 3.56. The Balaban J connectivity index is 3.32. The molecule has 1 nitrogen and oxygen atoms in total. The van der Waals surface area contributed by atoms with Gasteiger partial charge in [0.15, 0.2) is 0 Å². The highest BCUT2D eigenvalue weighted by Gasteiger charge is 2.02. The van der Waals surface area contributed by atoms with E-state index in [4.69, 9.17) is 0 Å². The third kappa shape index (κ3) is 6.41. The van der Waals surface area contributed by atoms with Crippen molar-refractivity contribution < 1.29 is 0 Å². The Bertz CT molecular complexity index is 99.2. The second-order valence-electron chi connectivity index (χ2n) is 3.28. The zero-order valence-electron chi connectivity index (χ0n) is 8.60. The van der Waals surface area contributed by atoms with Gasteiger partial charge >= 0.3 is 0 Å². The quantitative estimate of drug-likeness (QED) is 0.435. The van der Waals surface area contributed by atoms with Gasteiger partial charge in [-0.25, -0.2) is 0 Å². The van der Waals surface area contributed by atoms with Gasteiger partial charge < -0.3 is 5.32 Å². The van der Waals surface area contributed by atoms with E-state index < -0.39 is 0 Å². The van der Waals surface area contributed by atoms with E-state index in [-0.39, 0.29) is 0 Å². The zero-order valence-corrected chi connectivity index (χ0v) is 8.60. The summed E-state index contributed by atoms with van der Waals surface area (Å²) in [4.78, 5) is 0. The summed E-state index contributed by atoms with van der Waals surface area (Å²) in [6.07, 6.45) is 8.19. The van der Waals surface area contributed by atoms with Crippen LogP contribution in [0.5, 0.6) is 0 Å². The average Bonchev–Trinajstić information content (AvgIpc) is 2.11. The molecule has 12 heavy (non-hydrogen) atoms. The molecule has 0 bridgehead atoms. The fourth-order valence-electron chi connectivity index (χ4n) is 1.25. The molecule has 0 rings (SSSR count). The lowest BCUT2D eigenvalue weighted by Gasteiger charge is -2.15. The van der Waals surface area contributed by atoms with Crippen LogP contribution in [0, 0.1) is 0 Å². The van der Waals surface area contributed by atoms with Crippen LogP contribution < -0.4 is 5.32 Å². The van der Waals surface area contributed by atoms with Crippen molar-refractivity contribution >= 4 is 0 Å². The molecule has 0 aromatic heterocycles. The van der Waals surface area contributed by atoms with E-state index >= 15 is 0 Å². The van der Waals surface area contributed by atoms with Gasteiger partial charge in [-0.2, -0.15) is 0 Å². The molecule has 0 aliphatic rings. The fraction of sp³-hybridized carbons (Fsp3) is 0.818. The van der Waals surface area contributed by atoms with E-state index in [1.165, 1.54) is 32.2 Å². The van der Waals surface area contributed by atoms with Gasteiger partial charge in [0.2, 0.25) is 0 Å². The van der Waals surface area contributed by atoms with Crippen LogP contribution in [0.1, 0.15) is 46.0 Å². The first-order valence-corrected chi connectivity index (χ1v) is 5.19. The first kappa shape index (κ1) is 11.7. The van der Waals surface area contributed by atoms with Gasteiger partial charge in [-0.1, -0.05) is 26.3 Å². The van der Waals surface area contributed by atoms with Gasteiger partial charge in [-0.15, -0.1) is 6.58 Å². The predicted octanol–water partition coefficient (Wildman–Crippen LogP) is 3.12. The van der Waals surface area contributed by atoms with Crippen LogP contribution in [0.15, 0.2) is 12.7 Å². The van der Waals surface area contributed by atoms with Crippen LogP contribution in [0.3, 0.4) is 0 Å². The maximum atomic E-state index is 3.74. The van der Waals surface area contributed by atoms with Crippen molar-refractivity contribution in [3.05, 3.63) is 12.7 Å². The van der Waals surface area contributed by atoms with Crippen LogP contribution in [0.25, 0.3) is 0 Å². The summed E-state index contributed by atoms with van der Waals surface area (Å²) in [6.45, 7) is 9.38. The highest BCUT2D eigenvalue weighted by atomic mass is 14.9. The maximum absolute atomic E-state index is 3.74. The van der Waals surface area contributed by atoms with Gasteiger partial charge in [0.1, 0.15) is 0 Å². The van der Waals surface area contributed by atoms with Crippen LogP contribution in [0.2, 0.25) is 0 Å². The third-order valence-electron chi connectivity index (χ3n) is 2.18. The largest absolute Gasteiger partial charge is 0.314 e. The van der Waals surface area contributed by atoms with E-state index in [1.54, 1.807) is 0 Å². The maximum Gasteiger partial charge on any atom is 0.00673 e. The summed E-state index contributed by atoms with van der Waals surface area (Å²) >= 11 is 0. The van der Waals surface area contributed by atoms with Crippen molar-refractivity contribution in [3.8, 4) is 0 Å². The van der Waals surface area contributed by atoms with Crippen molar-refractivity contribution in [3.63, 3.8) is 0 Å². The van der Waals surface area contributed by atoms with E-state index in [2.05, 4.69) is 25.7 Å². The molecular weight excluding hydrogens is 146 g/mol. The minimum Gasteiger partial charge on any atom is -0.314 e. The van der Waals surface area contributed by atoms with Crippen molar-refractivity contribution in [2.24, 2.45) is 0 Å². The molecule has 0 aromatic carbocycles. The van der Waals surface area contributed by atoms with E-state index in [9.17, 15) is 0 Å². The Morgan fingerprint density at radius 2 is 2.17 bits per heavy atom. The fourth-order valence-corrected chi connectivity index (χ4v) is 1.25. The molecule has 0 heterocycles. The average molecular weight is 169 g/mol. The summed E-state index contributed by atoms with van der Waals surface area (Å²) < 4.78 is 0. The molecule has 72 valence electrons. The second-order valence-corrected chi connectivity index (χ2v) is 3.28. The molecule has 0 fully saturated rings. The number of hydrogen-bond donors (Lipinski definition) is 1. The SMILES string of the molecule is C=CCCC(CC)NCCCC. The normalized spacial score (nSPS) is 12.8. The first-order valence-electron chi connectivity index (χ1n) is 5.19. The van der Waals surface area contributed by atoms with Crippen LogP contribution in [-0.4, -0.2) is 12.6 Å². The van der Waals surface area contributed by atoms with E-state index in [0.717, 1.165) is 6.42 Å². The molecule has 0 aliphatic heterocycles. The Labute approximate surface area is 77.2 Å². The van der Waals surface area contributed by atoms with Gasteiger partial charge in [-0.3, -0.25) is 0 Å². The van der Waals surface area contributed by atoms with Crippen molar-refractivity contribution in [1.82, 2.24) is 5.32 Å². The monoisotopic (exact) mass is 169 g/mol. The van der Waals surface area contributed by atoms with Crippen molar-refractivity contribution in [2.75, 3.05) is 6.54 Å². The molecule has 0 radical (unpaired) electrons. The number of unbranched alkanes of at least 4 members (excludes halogenated alkanes) is 1. The minimum absolute atomic E-state index is 0.703. The lowest BCUT2D eigenvalue weighted by molar-refractivity contribution is 0.465. The smallest absolute Gasteiger partial charge is 0.00673 e. The zero-order chi connectivity index (χ0) is 9.23. The number of rotatable bonds is 8. The summed E-state index contributed by atoms with van der Waals surface area (Å²) in [6, 6.07) is 0.703. The molecular formula is C11H23N. The number of allylic oxidation sites excluding steroid dienone is 1. The standard InChI is InChI=1S/C11H23N/c1-4-7-9-11(6-3)12-10-8-5-2/h4,11-12H,1,5-10H2,2-3H3. The highest BCUT2D eigenvalue weighted by Crippen LogP contribution is 2.01. The van der Waals surface area contributed by atoms with Crippen LogP contribution >= 0.6 is 0 Å². The molecule has 0 amide bonds. The van der Waals surface area contributed by atoms with Gasteiger partial charge in [0, 0.05) is 6.04 Å². The van der Waals surface area contributed by atoms with Gasteiger partial charge in [-0.05, 0) is 32.2 Å². The topological polar surface area (TPSA) is 12.0 Å². The molecule has 1 heteroatoms. The molecule has 1 N–H and O–H groups in total. The van der Waals surface area contributed by atoms with E-state index in [1.807, 2.05) is 6.08 Å². The number of hydrogen-bond acceptors (Lipinski definition) is 1. The summed E-state index contributed by atoms with van der Waals surface area (Å²) in [5.41, 5.74) is 0. The Kier molecular flexibility index (Phi) is 8.57. The van der Waals surface area contributed by atoms with Crippen molar-refractivity contribution in [2.45, 2.75) is 52.0 Å². The highest BCUT2D eigenvalue weighted by molar-refractivity contribution is 4.72. The lowest BCUT2D eigenvalue weighted by atomic mass is 10.1. The van der Waals surface area contributed by atoms with Gasteiger partial charge in [0.05, 0.1) is 0 Å². The number of nitrogens with one attached hydrogen (secondary N) is 1. The Morgan fingerprint density at radius 3 is 2.67 bits per heavy atom. The first-order chi connectivity index (χ1) is 5.85. The molecule has 1 atom stereocenters. The van der Waals surface area contributed by atoms with Crippen molar-refractivity contribution in [1.29, 1.82) is 0 Å². The minimum atomic E-state index is 0.703. The third-order valence-corrected chi connectivity index (χ3v) is 2.18. The predicted molar refractivity (Wildman–Crippen MR) is 56.4 cm³/mol. The lowest BCUT2D eigenvalue weighted by Crippen LogP contribution is -2.29. The van der Waals surface area contributed by atoms with Crippen LogP contribution in [0.4, 0.5) is 0 Å². The summed E-state index contributed by atoms with van der Waals surface area (Å²) in [7, 11) is 0. The molecule has 0 spiro atoms. The molecule has 0 saturated heterocycles.